The average molecular weight is 256 g/mol. The van der Waals surface area contributed by atoms with Gasteiger partial charge >= 0.3 is 6.03 Å². The van der Waals surface area contributed by atoms with E-state index in [0.717, 1.165) is 16.8 Å². The van der Waals surface area contributed by atoms with Gasteiger partial charge in [-0.3, -0.25) is 4.90 Å². The normalized spacial score (nSPS) is 18.7. The second kappa shape index (κ2) is 4.78. The molecule has 0 radical (unpaired) electrons. The van der Waals surface area contributed by atoms with Crippen LogP contribution in [0.25, 0.3) is 0 Å². The van der Waals surface area contributed by atoms with Crippen LogP contribution in [-0.4, -0.2) is 17.6 Å². The van der Waals surface area contributed by atoms with E-state index in [0.29, 0.717) is 13.1 Å². The van der Waals surface area contributed by atoms with Gasteiger partial charge in [0.1, 0.15) is 0 Å². The molecule has 2 amide bonds. The Bertz CT molecular complexity index is 579. The molecule has 2 heterocycles. The van der Waals surface area contributed by atoms with E-state index in [1.54, 1.807) is 4.90 Å². The van der Waals surface area contributed by atoms with Crippen molar-refractivity contribution < 1.29 is 4.79 Å². The number of H-pyrrole nitrogens is 1. The van der Waals surface area contributed by atoms with Crippen molar-refractivity contribution in [3.63, 3.8) is 0 Å². The third-order valence-corrected chi connectivity index (χ3v) is 3.39. The zero-order chi connectivity index (χ0) is 13.2. The standard InChI is InChI=1S/C14H16N4O/c15-7-10-2-1-3-12(6-10)18-9-13(17-14(18)19)11-4-5-16-8-11/h1-6,8,13,16H,7,9,15H2,(H,17,19). The molecule has 5 heteroatoms. The summed E-state index contributed by atoms with van der Waals surface area (Å²) < 4.78 is 0. The Morgan fingerprint density at radius 1 is 1.37 bits per heavy atom. The number of carbonyl (C=O) groups excluding carboxylic acids is 1. The van der Waals surface area contributed by atoms with Crippen LogP contribution in [-0.2, 0) is 6.54 Å². The number of hydrogen-bond acceptors (Lipinski definition) is 2. The van der Waals surface area contributed by atoms with Crippen molar-refractivity contribution in [2.24, 2.45) is 5.73 Å². The van der Waals surface area contributed by atoms with Gasteiger partial charge in [-0.05, 0) is 29.3 Å². The molecule has 1 aromatic heterocycles. The van der Waals surface area contributed by atoms with E-state index < -0.39 is 0 Å². The molecule has 0 aliphatic carbocycles. The molecule has 1 aromatic carbocycles. The van der Waals surface area contributed by atoms with Crippen LogP contribution in [0.2, 0.25) is 0 Å². The first-order valence-corrected chi connectivity index (χ1v) is 6.27. The average Bonchev–Trinajstić information content (AvgIpc) is 3.07. The van der Waals surface area contributed by atoms with E-state index in [-0.39, 0.29) is 12.1 Å². The van der Waals surface area contributed by atoms with Crippen LogP contribution in [0.3, 0.4) is 0 Å². The van der Waals surface area contributed by atoms with Crippen LogP contribution in [0, 0.1) is 0 Å². The summed E-state index contributed by atoms with van der Waals surface area (Å²) >= 11 is 0. The van der Waals surface area contributed by atoms with Crippen molar-refractivity contribution in [3.8, 4) is 0 Å². The van der Waals surface area contributed by atoms with Crippen LogP contribution in [0.1, 0.15) is 17.2 Å². The molecule has 1 atom stereocenters. The molecule has 98 valence electrons. The zero-order valence-electron chi connectivity index (χ0n) is 10.5. The molecule has 1 saturated heterocycles. The van der Waals surface area contributed by atoms with E-state index in [1.807, 2.05) is 42.7 Å². The number of aromatic amines is 1. The first-order valence-electron chi connectivity index (χ1n) is 6.27. The van der Waals surface area contributed by atoms with Gasteiger partial charge in [0.25, 0.3) is 0 Å². The third kappa shape index (κ3) is 2.20. The second-order valence-corrected chi connectivity index (χ2v) is 4.63. The summed E-state index contributed by atoms with van der Waals surface area (Å²) in [6.45, 7) is 1.11. The minimum Gasteiger partial charge on any atom is -0.367 e. The number of amides is 2. The van der Waals surface area contributed by atoms with Crippen molar-refractivity contribution in [1.29, 1.82) is 0 Å². The van der Waals surface area contributed by atoms with Gasteiger partial charge in [-0.2, -0.15) is 0 Å². The lowest BCUT2D eigenvalue weighted by molar-refractivity contribution is 0.251. The number of benzene rings is 1. The Kier molecular flexibility index (Phi) is 2.97. The highest BCUT2D eigenvalue weighted by molar-refractivity contribution is 5.94. The summed E-state index contributed by atoms with van der Waals surface area (Å²) in [5.41, 5.74) is 8.63. The Balaban J connectivity index is 1.84. The molecule has 5 nitrogen and oxygen atoms in total. The predicted octanol–water partition coefficient (Wildman–Crippen LogP) is 1.74. The molecule has 1 unspecified atom stereocenters. The van der Waals surface area contributed by atoms with E-state index in [2.05, 4.69) is 10.3 Å². The number of hydrogen-bond donors (Lipinski definition) is 3. The number of nitrogens with one attached hydrogen (secondary N) is 2. The number of urea groups is 1. The smallest absolute Gasteiger partial charge is 0.322 e. The zero-order valence-corrected chi connectivity index (χ0v) is 10.5. The molecule has 19 heavy (non-hydrogen) atoms. The van der Waals surface area contributed by atoms with Gasteiger partial charge in [-0.25, -0.2) is 4.79 Å². The monoisotopic (exact) mass is 256 g/mol. The fourth-order valence-electron chi connectivity index (χ4n) is 2.35. The maximum atomic E-state index is 12.1. The van der Waals surface area contributed by atoms with Gasteiger partial charge in [0.2, 0.25) is 0 Å². The van der Waals surface area contributed by atoms with E-state index in [1.165, 1.54) is 0 Å². The Morgan fingerprint density at radius 2 is 2.26 bits per heavy atom. The summed E-state index contributed by atoms with van der Waals surface area (Å²) in [6, 6.07) is 9.71. The van der Waals surface area contributed by atoms with E-state index in [4.69, 9.17) is 5.73 Å². The van der Waals surface area contributed by atoms with Crippen LogP contribution in [0.4, 0.5) is 10.5 Å². The SMILES string of the molecule is NCc1cccc(N2CC(c3cc[nH]c3)NC2=O)c1. The Hall–Kier alpha value is -2.27. The largest absolute Gasteiger partial charge is 0.367 e. The molecule has 1 aliphatic heterocycles. The maximum absolute atomic E-state index is 12.1. The molecular weight excluding hydrogens is 240 g/mol. The minimum absolute atomic E-state index is 0.0280. The van der Waals surface area contributed by atoms with Crippen molar-refractivity contribution >= 4 is 11.7 Å². The van der Waals surface area contributed by atoms with Crippen molar-refractivity contribution in [2.45, 2.75) is 12.6 Å². The quantitative estimate of drug-likeness (QED) is 0.782. The number of carbonyl (C=O) groups is 1. The van der Waals surface area contributed by atoms with Gasteiger partial charge in [-0.1, -0.05) is 12.1 Å². The number of rotatable bonds is 3. The fraction of sp³-hybridized carbons (Fsp3) is 0.214. The molecule has 0 saturated carbocycles. The van der Waals surface area contributed by atoms with Gasteiger partial charge < -0.3 is 16.0 Å². The topological polar surface area (TPSA) is 74.2 Å². The number of anilines is 1. The highest BCUT2D eigenvalue weighted by atomic mass is 16.2. The number of aromatic nitrogens is 1. The van der Waals surface area contributed by atoms with Crippen LogP contribution >= 0.6 is 0 Å². The molecule has 1 fully saturated rings. The molecule has 4 N–H and O–H groups in total. The van der Waals surface area contributed by atoms with Gasteiger partial charge in [-0.15, -0.1) is 0 Å². The summed E-state index contributed by atoms with van der Waals surface area (Å²) in [4.78, 5) is 16.8. The predicted molar refractivity (Wildman–Crippen MR) is 73.7 cm³/mol. The van der Waals surface area contributed by atoms with Crippen LogP contribution < -0.4 is 16.0 Å². The van der Waals surface area contributed by atoms with Crippen molar-refractivity contribution in [3.05, 3.63) is 53.9 Å². The summed E-state index contributed by atoms with van der Waals surface area (Å²) in [5.74, 6) is 0. The van der Waals surface area contributed by atoms with Gasteiger partial charge in [0.15, 0.2) is 0 Å². The summed E-state index contributed by atoms with van der Waals surface area (Å²) in [7, 11) is 0. The third-order valence-electron chi connectivity index (χ3n) is 3.39. The molecule has 0 bridgehead atoms. The maximum Gasteiger partial charge on any atom is 0.322 e. The van der Waals surface area contributed by atoms with E-state index in [9.17, 15) is 4.79 Å². The Labute approximate surface area is 111 Å². The first kappa shape index (κ1) is 11.8. The molecule has 3 rings (SSSR count). The fourth-order valence-corrected chi connectivity index (χ4v) is 2.35. The molecule has 2 aromatic rings. The van der Waals surface area contributed by atoms with E-state index >= 15 is 0 Å². The van der Waals surface area contributed by atoms with Gasteiger partial charge in [0, 0.05) is 24.6 Å². The lowest BCUT2D eigenvalue weighted by Gasteiger charge is -2.15. The molecule has 0 spiro atoms. The molecular formula is C14H16N4O. The van der Waals surface area contributed by atoms with Crippen LogP contribution in [0.15, 0.2) is 42.7 Å². The minimum atomic E-state index is -0.0691. The van der Waals surface area contributed by atoms with Crippen molar-refractivity contribution in [2.75, 3.05) is 11.4 Å². The van der Waals surface area contributed by atoms with Crippen LogP contribution in [0.5, 0.6) is 0 Å². The Morgan fingerprint density at radius 3 is 3.00 bits per heavy atom. The molecule has 1 aliphatic rings. The van der Waals surface area contributed by atoms with Gasteiger partial charge in [0.05, 0.1) is 12.6 Å². The number of nitrogens with two attached hydrogens (primary N) is 1. The van der Waals surface area contributed by atoms with Crippen molar-refractivity contribution in [1.82, 2.24) is 10.3 Å². The lowest BCUT2D eigenvalue weighted by atomic mass is 10.1. The first-order chi connectivity index (χ1) is 9.28. The summed E-state index contributed by atoms with van der Waals surface area (Å²) in [6.07, 6.45) is 3.77. The number of nitrogens with zero attached hydrogens (tertiary/aromatic N) is 1. The highest BCUT2D eigenvalue weighted by Crippen LogP contribution is 2.25. The highest BCUT2D eigenvalue weighted by Gasteiger charge is 2.30. The second-order valence-electron chi connectivity index (χ2n) is 4.63. The lowest BCUT2D eigenvalue weighted by Crippen LogP contribution is -2.27. The summed E-state index contributed by atoms with van der Waals surface area (Å²) in [5, 5.41) is 2.98.